The molecule has 1 aliphatic heterocycles. The van der Waals surface area contributed by atoms with Crippen molar-refractivity contribution in [3.63, 3.8) is 0 Å². The second-order valence-electron chi connectivity index (χ2n) is 5.36. The molecular formula is C15H20Cl3N3O2. The lowest BCUT2D eigenvalue weighted by Gasteiger charge is -2.36. The van der Waals surface area contributed by atoms with Crippen LogP contribution < -0.4 is 5.73 Å². The van der Waals surface area contributed by atoms with Crippen molar-refractivity contribution >= 4 is 47.4 Å². The third-order valence-electron chi connectivity index (χ3n) is 3.84. The van der Waals surface area contributed by atoms with E-state index in [1.54, 1.807) is 28.0 Å². The van der Waals surface area contributed by atoms with Crippen molar-refractivity contribution < 1.29 is 9.59 Å². The molecule has 128 valence electrons. The largest absolute Gasteiger partial charge is 0.339 e. The molecule has 0 bridgehead atoms. The average molecular weight is 381 g/mol. The minimum atomic E-state index is -0.190. The summed E-state index contributed by atoms with van der Waals surface area (Å²) in [6, 6.07) is 5.00. The molecule has 23 heavy (non-hydrogen) atoms. The quantitative estimate of drug-likeness (QED) is 0.875. The van der Waals surface area contributed by atoms with Crippen LogP contribution in [0.4, 0.5) is 0 Å². The summed E-state index contributed by atoms with van der Waals surface area (Å²) in [5.74, 6) is -0.313. The van der Waals surface area contributed by atoms with Crippen LogP contribution in [0.2, 0.25) is 10.0 Å². The molecule has 5 nitrogen and oxygen atoms in total. The van der Waals surface area contributed by atoms with Crippen LogP contribution in [0, 0.1) is 5.92 Å². The first-order chi connectivity index (χ1) is 10.5. The highest BCUT2D eigenvalue weighted by atomic mass is 35.5. The van der Waals surface area contributed by atoms with Crippen LogP contribution in [0.1, 0.15) is 17.3 Å². The maximum absolute atomic E-state index is 12.5. The lowest BCUT2D eigenvalue weighted by molar-refractivity contribution is -0.136. The molecule has 0 aromatic heterocycles. The van der Waals surface area contributed by atoms with Crippen molar-refractivity contribution in [2.45, 2.75) is 6.92 Å². The number of nitrogens with two attached hydrogens (primary N) is 1. The van der Waals surface area contributed by atoms with Gasteiger partial charge in [0.05, 0.1) is 15.6 Å². The van der Waals surface area contributed by atoms with Gasteiger partial charge in [0, 0.05) is 38.6 Å². The van der Waals surface area contributed by atoms with Gasteiger partial charge in [0.25, 0.3) is 5.91 Å². The molecule has 1 heterocycles. The Bertz CT molecular complexity index is 575. The molecule has 1 unspecified atom stereocenters. The third kappa shape index (κ3) is 4.51. The van der Waals surface area contributed by atoms with Crippen LogP contribution in [-0.2, 0) is 4.79 Å². The van der Waals surface area contributed by atoms with Gasteiger partial charge >= 0.3 is 0 Å². The molecule has 1 aromatic rings. The zero-order valence-corrected chi connectivity index (χ0v) is 15.1. The Kier molecular flexibility index (Phi) is 7.61. The Labute approximate surface area is 152 Å². The SMILES string of the molecule is CC(CN)C(=O)N1CCN(C(=O)c2cccc(Cl)c2Cl)CC1.Cl. The fourth-order valence-corrected chi connectivity index (χ4v) is 2.76. The topological polar surface area (TPSA) is 66.6 Å². The summed E-state index contributed by atoms with van der Waals surface area (Å²) in [4.78, 5) is 28.0. The summed E-state index contributed by atoms with van der Waals surface area (Å²) in [7, 11) is 0. The van der Waals surface area contributed by atoms with Crippen molar-refractivity contribution in [3.8, 4) is 0 Å². The Hall–Kier alpha value is -1.01. The van der Waals surface area contributed by atoms with Crippen LogP contribution in [-0.4, -0.2) is 54.3 Å². The molecule has 2 amide bonds. The summed E-state index contributed by atoms with van der Waals surface area (Å²) in [5, 5.41) is 0.627. The van der Waals surface area contributed by atoms with Crippen LogP contribution >= 0.6 is 35.6 Å². The Morgan fingerprint density at radius 1 is 1.17 bits per heavy atom. The van der Waals surface area contributed by atoms with Gasteiger partial charge < -0.3 is 15.5 Å². The fourth-order valence-electron chi connectivity index (χ4n) is 2.38. The smallest absolute Gasteiger partial charge is 0.255 e. The van der Waals surface area contributed by atoms with Crippen molar-refractivity contribution in [1.29, 1.82) is 0 Å². The molecular weight excluding hydrogens is 361 g/mol. The number of carbonyl (C=O) groups excluding carboxylic acids is 2. The second kappa shape index (κ2) is 8.73. The number of carbonyl (C=O) groups is 2. The van der Waals surface area contributed by atoms with Gasteiger partial charge in [-0.3, -0.25) is 9.59 Å². The Balaban J connectivity index is 0.00000264. The van der Waals surface area contributed by atoms with Gasteiger partial charge in [-0.25, -0.2) is 0 Å². The maximum Gasteiger partial charge on any atom is 0.255 e. The van der Waals surface area contributed by atoms with E-state index in [2.05, 4.69) is 0 Å². The average Bonchev–Trinajstić information content (AvgIpc) is 2.55. The first-order valence-electron chi connectivity index (χ1n) is 7.17. The lowest BCUT2D eigenvalue weighted by Crippen LogP contribution is -2.52. The van der Waals surface area contributed by atoms with Gasteiger partial charge in [-0.1, -0.05) is 36.2 Å². The van der Waals surface area contributed by atoms with Crippen molar-refractivity contribution in [2.75, 3.05) is 32.7 Å². The molecule has 2 N–H and O–H groups in total. The van der Waals surface area contributed by atoms with Crippen LogP contribution in [0.15, 0.2) is 18.2 Å². The molecule has 1 atom stereocenters. The summed E-state index contributed by atoms with van der Waals surface area (Å²) < 4.78 is 0. The van der Waals surface area contributed by atoms with Gasteiger partial charge in [0.2, 0.25) is 5.91 Å². The van der Waals surface area contributed by atoms with E-state index in [-0.39, 0.29) is 35.2 Å². The van der Waals surface area contributed by atoms with Gasteiger partial charge in [0.1, 0.15) is 0 Å². The maximum atomic E-state index is 12.5. The molecule has 8 heteroatoms. The molecule has 0 saturated carbocycles. The highest BCUT2D eigenvalue weighted by molar-refractivity contribution is 6.43. The minimum Gasteiger partial charge on any atom is -0.339 e. The number of rotatable bonds is 3. The van der Waals surface area contributed by atoms with E-state index in [1.807, 2.05) is 6.92 Å². The highest BCUT2D eigenvalue weighted by Crippen LogP contribution is 2.26. The number of benzene rings is 1. The van der Waals surface area contributed by atoms with E-state index in [0.717, 1.165) is 0 Å². The van der Waals surface area contributed by atoms with E-state index in [9.17, 15) is 9.59 Å². The molecule has 1 aromatic carbocycles. The molecule has 1 fully saturated rings. The Morgan fingerprint density at radius 2 is 1.74 bits per heavy atom. The van der Waals surface area contributed by atoms with Gasteiger partial charge in [-0.05, 0) is 12.1 Å². The zero-order valence-electron chi connectivity index (χ0n) is 12.8. The minimum absolute atomic E-state index is 0. The molecule has 1 aliphatic rings. The van der Waals surface area contributed by atoms with E-state index in [1.165, 1.54) is 0 Å². The number of hydrogen-bond donors (Lipinski definition) is 1. The second-order valence-corrected chi connectivity index (χ2v) is 6.14. The van der Waals surface area contributed by atoms with E-state index in [4.69, 9.17) is 28.9 Å². The number of halogens is 3. The van der Waals surface area contributed by atoms with E-state index in [0.29, 0.717) is 43.3 Å². The Morgan fingerprint density at radius 3 is 2.30 bits per heavy atom. The van der Waals surface area contributed by atoms with Crippen LogP contribution in [0.5, 0.6) is 0 Å². The third-order valence-corrected chi connectivity index (χ3v) is 4.65. The van der Waals surface area contributed by atoms with Crippen molar-refractivity contribution in [3.05, 3.63) is 33.8 Å². The number of amides is 2. The van der Waals surface area contributed by atoms with Gasteiger partial charge in [-0.2, -0.15) is 0 Å². The summed E-state index contributed by atoms with van der Waals surface area (Å²) in [6.07, 6.45) is 0. The summed E-state index contributed by atoms with van der Waals surface area (Å²) >= 11 is 12.0. The zero-order chi connectivity index (χ0) is 16.3. The molecule has 0 radical (unpaired) electrons. The first-order valence-corrected chi connectivity index (χ1v) is 7.93. The van der Waals surface area contributed by atoms with E-state index >= 15 is 0 Å². The fraction of sp³-hybridized carbons (Fsp3) is 0.467. The van der Waals surface area contributed by atoms with Crippen LogP contribution in [0.25, 0.3) is 0 Å². The number of nitrogens with zero attached hydrogens (tertiary/aromatic N) is 2. The predicted octanol–water partition coefficient (Wildman–Crippen LogP) is 2.29. The van der Waals surface area contributed by atoms with Gasteiger partial charge in [-0.15, -0.1) is 12.4 Å². The van der Waals surface area contributed by atoms with E-state index < -0.39 is 0 Å². The molecule has 2 rings (SSSR count). The number of piperazine rings is 1. The van der Waals surface area contributed by atoms with Crippen molar-refractivity contribution in [2.24, 2.45) is 11.7 Å². The normalized spacial score (nSPS) is 15.8. The standard InChI is InChI=1S/C15H19Cl2N3O2.ClH/c1-10(9-18)14(21)19-5-7-20(8-6-19)15(22)11-3-2-4-12(16)13(11)17;/h2-4,10H,5-9,18H2,1H3;1H. The molecule has 0 aliphatic carbocycles. The number of hydrogen-bond acceptors (Lipinski definition) is 3. The molecule has 0 spiro atoms. The van der Waals surface area contributed by atoms with Crippen LogP contribution in [0.3, 0.4) is 0 Å². The predicted molar refractivity (Wildman–Crippen MR) is 94.4 cm³/mol. The van der Waals surface area contributed by atoms with Gasteiger partial charge in [0.15, 0.2) is 0 Å². The summed E-state index contributed by atoms with van der Waals surface area (Å²) in [5.41, 5.74) is 5.92. The lowest BCUT2D eigenvalue weighted by atomic mass is 10.1. The van der Waals surface area contributed by atoms with Crippen molar-refractivity contribution in [1.82, 2.24) is 9.80 Å². The highest BCUT2D eigenvalue weighted by Gasteiger charge is 2.27. The monoisotopic (exact) mass is 379 g/mol. The summed E-state index contributed by atoms with van der Waals surface area (Å²) in [6.45, 7) is 4.11. The molecule has 1 saturated heterocycles. The first kappa shape index (κ1) is 20.0.